The summed E-state index contributed by atoms with van der Waals surface area (Å²) >= 11 is 0. The topological polar surface area (TPSA) is 93.2 Å². The molecule has 8 heteroatoms. The minimum atomic E-state index is -0.0150. The van der Waals surface area contributed by atoms with E-state index >= 15 is 0 Å². The van der Waals surface area contributed by atoms with E-state index in [1.807, 2.05) is 7.05 Å². The predicted molar refractivity (Wildman–Crippen MR) is 79.1 cm³/mol. The lowest BCUT2D eigenvalue weighted by atomic mass is 10.3. The van der Waals surface area contributed by atoms with Crippen molar-refractivity contribution in [1.29, 1.82) is 0 Å². The van der Waals surface area contributed by atoms with Crippen molar-refractivity contribution in [3.05, 3.63) is 24.3 Å². The summed E-state index contributed by atoms with van der Waals surface area (Å²) < 4.78 is 10.2. The number of carbonyl (C=O) groups is 1. The molecule has 0 aromatic carbocycles. The average molecular weight is 315 g/mol. The van der Waals surface area contributed by atoms with Crippen LogP contribution in [0, 0.1) is 0 Å². The second-order valence-corrected chi connectivity index (χ2v) is 4.30. The summed E-state index contributed by atoms with van der Waals surface area (Å²) in [6, 6.07) is 3.51. The summed E-state index contributed by atoms with van der Waals surface area (Å²) in [5, 5.41) is 9.66. The Labute approximate surface area is 128 Å². The zero-order valence-corrected chi connectivity index (χ0v) is 12.6. The molecule has 2 rings (SSSR count). The Hall–Kier alpha value is -1.86. The Morgan fingerprint density at radius 2 is 2.24 bits per heavy atom. The summed E-state index contributed by atoms with van der Waals surface area (Å²) in [6.07, 6.45) is 3.21. The number of aromatic nitrogens is 2. The van der Waals surface area contributed by atoms with Gasteiger partial charge in [-0.2, -0.15) is 4.98 Å². The first-order valence-electron chi connectivity index (χ1n) is 6.57. The molecule has 2 aromatic rings. The maximum Gasteiger partial charge on any atom is 0.238 e. The first-order valence-corrected chi connectivity index (χ1v) is 6.57. The summed E-state index contributed by atoms with van der Waals surface area (Å²) in [6.45, 7) is 1.55. The van der Waals surface area contributed by atoms with Gasteiger partial charge in [0.05, 0.1) is 6.26 Å². The van der Waals surface area contributed by atoms with Gasteiger partial charge in [-0.15, -0.1) is 12.4 Å². The number of furan rings is 1. The molecule has 0 saturated carbocycles. The van der Waals surface area contributed by atoms with E-state index in [9.17, 15) is 4.79 Å². The minimum Gasteiger partial charge on any atom is -0.461 e. The van der Waals surface area contributed by atoms with E-state index in [0.717, 1.165) is 13.0 Å². The molecule has 116 valence electrons. The standard InChI is InChI=1S/C13H18N4O3.ClH/c1-14-7-3-8-15-11(18)5-6-12-16-13(17-20-12)10-4-2-9-19-10;/h2,4,9,14H,3,5-8H2,1H3,(H,15,18);1H. The van der Waals surface area contributed by atoms with Crippen LogP contribution in [0.3, 0.4) is 0 Å². The molecular weight excluding hydrogens is 296 g/mol. The number of halogens is 1. The maximum absolute atomic E-state index is 11.6. The molecular formula is C13H19ClN4O3. The number of aryl methyl sites for hydroxylation is 1. The molecule has 2 aromatic heterocycles. The Bertz CT molecular complexity index is 527. The molecule has 0 fully saturated rings. The van der Waals surface area contributed by atoms with Crippen molar-refractivity contribution in [3.8, 4) is 11.6 Å². The van der Waals surface area contributed by atoms with Crippen LogP contribution in [0.15, 0.2) is 27.3 Å². The largest absolute Gasteiger partial charge is 0.461 e. The fourth-order valence-corrected chi connectivity index (χ4v) is 1.66. The molecule has 2 N–H and O–H groups in total. The lowest BCUT2D eigenvalue weighted by Crippen LogP contribution is -2.26. The first kappa shape index (κ1) is 17.2. The molecule has 0 saturated heterocycles. The van der Waals surface area contributed by atoms with Gasteiger partial charge in [-0.25, -0.2) is 0 Å². The van der Waals surface area contributed by atoms with Gasteiger partial charge in [0.15, 0.2) is 5.76 Å². The van der Waals surface area contributed by atoms with Gasteiger partial charge in [0.25, 0.3) is 0 Å². The van der Waals surface area contributed by atoms with Gasteiger partial charge in [0.1, 0.15) is 0 Å². The molecule has 0 spiro atoms. The number of nitrogens with zero attached hydrogens (tertiary/aromatic N) is 2. The third-order valence-corrected chi connectivity index (χ3v) is 2.70. The molecule has 0 atom stereocenters. The Morgan fingerprint density at radius 3 is 2.95 bits per heavy atom. The highest BCUT2D eigenvalue weighted by atomic mass is 35.5. The number of carbonyl (C=O) groups excluding carboxylic acids is 1. The van der Waals surface area contributed by atoms with Crippen molar-refractivity contribution in [2.75, 3.05) is 20.1 Å². The molecule has 0 unspecified atom stereocenters. The molecule has 0 aliphatic heterocycles. The van der Waals surface area contributed by atoms with Crippen LogP contribution in [-0.4, -0.2) is 36.2 Å². The van der Waals surface area contributed by atoms with Crippen LogP contribution in [-0.2, 0) is 11.2 Å². The third kappa shape index (κ3) is 5.57. The van der Waals surface area contributed by atoms with Crippen LogP contribution in [0.5, 0.6) is 0 Å². The van der Waals surface area contributed by atoms with Crippen molar-refractivity contribution < 1.29 is 13.7 Å². The minimum absolute atomic E-state index is 0. The van der Waals surface area contributed by atoms with Gasteiger partial charge < -0.3 is 19.6 Å². The number of nitrogens with one attached hydrogen (secondary N) is 2. The second kappa shape index (κ2) is 9.15. The lowest BCUT2D eigenvalue weighted by molar-refractivity contribution is -0.121. The molecule has 0 radical (unpaired) electrons. The highest BCUT2D eigenvalue weighted by Crippen LogP contribution is 2.16. The molecule has 7 nitrogen and oxygen atoms in total. The Kier molecular flexibility index (Phi) is 7.49. The zero-order valence-electron chi connectivity index (χ0n) is 11.8. The molecule has 0 aliphatic carbocycles. The number of hydrogen-bond acceptors (Lipinski definition) is 6. The van der Waals surface area contributed by atoms with Gasteiger partial charge in [-0.3, -0.25) is 4.79 Å². The molecule has 21 heavy (non-hydrogen) atoms. The second-order valence-electron chi connectivity index (χ2n) is 4.30. The highest BCUT2D eigenvalue weighted by Gasteiger charge is 2.11. The van der Waals surface area contributed by atoms with Crippen LogP contribution in [0.1, 0.15) is 18.7 Å². The van der Waals surface area contributed by atoms with Crippen molar-refractivity contribution >= 4 is 18.3 Å². The quantitative estimate of drug-likeness (QED) is 0.716. The van der Waals surface area contributed by atoms with E-state index in [0.29, 0.717) is 36.9 Å². The Balaban J connectivity index is 0.00000220. The SMILES string of the molecule is CNCCCNC(=O)CCc1nc(-c2ccco2)no1.Cl. The summed E-state index contributed by atoms with van der Waals surface area (Å²) in [4.78, 5) is 15.7. The van der Waals surface area contributed by atoms with Crippen LogP contribution in [0.25, 0.3) is 11.6 Å². The predicted octanol–water partition coefficient (Wildman–Crippen LogP) is 1.41. The highest BCUT2D eigenvalue weighted by molar-refractivity contribution is 5.85. The van der Waals surface area contributed by atoms with Crippen molar-refractivity contribution in [1.82, 2.24) is 20.8 Å². The number of rotatable bonds is 8. The van der Waals surface area contributed by atoms with Gasteiger partial charge in [-0.1, -0.05) is 5.16 Å². The van der Waals surface area contributed by atoms with Crippen LogP contribution in [0.2, 0.25) is 0 Å². The van der Waals surface area contributed by atoms with Gasteiger partial charge in [0.2, 0.25) is 17.6 Å². The lowest BCUT2D eigenvalue weighted by Gasteiger charge is -2.03. The third-order valence-electron chi connectivity index (χ3n) is 2.70. The van der Waals surface area contributed by atoms with Crippen LogP contribution < -0.4 is 10.6 Å². The van der Waals surface area contributed by atoms with Crippen molar-refractivity contribution in [3.63, 3.8) is 0 Å². The van der Waals surface area contributed by atoms with E-state index in [1.54, 1.807) is 18.4 Å². The number of amides is 1. The fourth-order valence-electron chi connectivity index (χ4n) is 1.66. The van der Waals surface area contributed by atoms with E-state index in [4.69, 9.17) is 8.94 Å². The molecule has 2 heterocycles. The smallest absolute Gasteiger partial charge is 0.238 e. The van der Waals surface area contributed by atoms with Gasteiger partial charge in [-0.05, 0) is 32.1 Å². The van der Waals surface area contributed by atoms with Crippen molar-refractivity contribution in [2.45, 2.75) is 19.3 Å². The van der Waals surface area contributed by atoms with Crippen LogP contribution >= 0.6 is 12.4 Å². The van der Waals surface area contributed by atoms with Crippen LogP contribution in [0.4, 0.5) is 0 Å². The molecule has 1 amide bonds. The number of hydrogen-bond donors (Lipinski definition) is 2. The van der Waals surface area contributed by atoms with Gasteiger partial charge in [0, 0.05) is 19.4 Å². The van der Waals surface area contributed by atoms with E-state index in [2.05, 4.69) is 20.8 Å². The summed E-state index contributed by atoms with van der Waals surface area (Å²) in [5.41, 5.74) is 0. The maximum atomic E-state index is 11.6. The summed E-state index contributed by atoms with van der Waals surface area (Å²) in [7, 11) is 1.88. The van der Waals surface area contributed by atoms with Gasteiger partial charge >= 0.3 is 0 Å². The van der Waals surface area contributed by atoms with E-state index < -0.39 is 0 Å². The molecule has 0 bridgehead atoms. The van der Waals surface area contributed by atoms with Crippen molar-refractivity contribution in [2.24, 2.45) is 0 Å². The average Bonchev–Trinajstić information content (AvgIpc) is 3.11. The van der Waals surface area contributed by atoms with E-state index in [1.165, 1.54) is 0 Å². The Morgan fingerprint density at radius 1 is 1.38 bits per heavy atom. The summed E-state index contributed by atoms with van der Waals surface area (Å²) in [5.74, 6) is 1.37. The normalized spacial score (nSPS) is 10.1. The first-order chi connectivity index (χ1) is 9.79. The monoisotopic (exact) mass is 314 g/mol. The molecule has 0 aliphatic rings. The van der Waals surface area contributed by atoms with E-state index in [-0.39, 0.29) is 18.3 Å². The zero-order chi connectivity index (χ0) is 14.2. The fraction of sp³-hybridized carbons (Fsp3) is 0.462.